The van der Waals surface area contributed by atoms with Crippen LogP contribution in [0, 0.1) is 0 Å². The van der Waals surface area contributed by atoms with Crippen LogP contribution in [0.25, 0.3) is 0 Å². The monoisotopic (exact) mass is 636 g/mol. The lowest BCUT2D eigenvalue weighted by Crippen LogP contribution is -2.14. The third-order valence-electron chi connectivity index (χ3n) is 5.69. The highest BCUT2D eigenvalue weighted by molar-refractivity contribution is 9.48. The molecule has 0 atom stereocenters. The average Bonchev–Trinajstić information content (AvgIpc) is 2.88. The Kier molecular flexibility index (Phi) is 9.79. The minimum Gasteiger partial charge on any atom is -0.508 e. The summed E-state index contributed by atoms with van der Waals surface area (Å²) in [7, 11) is 0. The van der Waals surface area contributed by atoms with E-state index in [9.17, 15) is 19.5 Å². The molecule has 4 rings (SSSR count). The third-order valence-corrected chi connectivity index (χ3v) is 36.9. The van der Waals surface area contributed by atoms with Crippen LogP contribution in [0.4, 0.5) is 0 Å². The summed E-state index contributed by atoms with van der Waals surface area (Å²) in [5.41, 5.74) is 0.720. The molecule has 1 saturated heterocycles. The Morgan fingerprint density at radius 2 is 1.46 bits per heavy atom. The summed E-state index contributed by atoms with van der Waals surface area (Å²) in [6, 6.07) is 18.8. The zero-order valence-electron chi connectivity index (χ0n) is 21.2. The van der Waals surface area contributed by atoms with Crippen LogP contribution < -0.4 is 20.1 Å². The summed E-state index contributed by atoms with van der Waals surface area (Å²) < 4.78 is 6.91. The molecule has 1 N–H and O–H groups in total. The van der Waals surface area contributed by atoms with Crippen molar-refractivity contribution in [1.29, 1.82) is 0 Å². The SMILES string of the molecule is CCCCC(=O)Cc1ccc(OC(C)=O)c(C(=O)Oc2ccc(P3(=S)SP(=S)(c4ccc(O)cc4)S3)cc2)c1. The standard InChI is InChI=1S/C27H26O6P2S4/c1-3-4-5-21(30)16-19-6-15-26(32-18(2)28)25(17-19)27(31)33-22-9-13-24(14-10-22)35(37)38-34(36,39-35)23-11-7-20(29)8-12-23/h6-15,17,29H,3-5,16H2,1-2H3. The number of unbranched alkanes of at least 4 members (excludes halogenated alkanes) is 1. The molecule has 204 valence electrons. The fourth-order valence-electron chi connectivity index (χ4n) is 3.75. The summed E-state index contributed by atoms with van der Waals surface area (Å²) in [5.74, 6) is -0.588. The van der Waals surface area contributed by atoms with Gasteiger partial charge in [0, 0.05) is 30.4 Å². The first-order valence-corrected chi connectivity index (χ1v) is 21.8. The summed E-state index contributed by atoms with van der Waals surface area (Å²) in [4.78, 5) is 36.9. The van der Waals surface area contributed by atoms with Gasteiger partial charge in [-0.1, -0.05) is 65.0 Å². The van der Waals surface area contributed by atoms with Gasteiger partial charge >= 0.3 is 11.9 Å². The highest BCUT2D eigenvalue weighted by atomic mass is 33.7. The first-order chi connectivity index (χ1) is 18.5. The summed E-state index contributed by atoms with van der Waals surface area (Å²) >= 11 is 15.2. The predicted octanol–water partition coefficient (Wildman–Crippen LogP) is 6.89. The van der Waals surface area contributed by atoms with Crippen molar-refractivity contribution in [3.05, 3.63) is 77.9 Å². The van der Waals surface area contributed by atoms with Gasteiger partial charge in [0.1, 0.15) is 28.6 Å². The molecule has 0 bridgehead atoms. The van der Waals surface area contributed by atoms with Crippen LogP contribution in [-0.4, -0.2) is 22.8 Å². The third kappa shape index (κ3) is 7.43. The van der Waals surface area contributed by atoms with E-state index in [0.717, 1.165) is 23.5 Å². The molecular weight excluding hydrogens is 611 g/mol. The predicted molar refractivity (Wildman–Crippen MR) is 169 cm³/mol. The van der Waals surface area contributed by atoms with Crippen molar-refractivity contribution in [2.45, 2.75) is 39.5 Å². The molecule has 6 nitrogen and oxygen atoms in total. The number of carbonyl (C=O) groups excluding carboxylic acids is 3. The lowest BCUT2D eigenvalue weighted by atomic mass is 10.0. The minimum atomic E-state index is -1.99. The maximum absolute atomic E-state index is 13.1. The summed E-state index contributed by atoms with van der Waals surface area (Å²) in [5, 5.41) is 11.6. The van der Waals surface area contributed by atoms with Crippen molar-refractivity contribution < 1.29 is 29.0 Å². The van der Waals surface area contributed by atoms with Crippen molar-refractivity contribution in [3.63, 3.8) is 0 Å². The summed E-state index contributed by atoms with van der Waals surface area (Å²) in [6.07, 6.45) is 2.40. The van der Waals surface area contributed by atoms with Gasteiger partial charge in [-0.05, 0) is 72.6 Å². The smallest absolute Gasteiger partial charge is 0.347 e. The van der Waals surface area contributed by atoms with E-state index < -0.39 is 20.8 Å². The first-order valence-electron chi connectivity index (χ1n) is 12.1. The van der Waals surface area contributed by atoms with E-state index in [0.29, 0.717) is 17.7 Å². The van der Waals surface area contributed by atoms with Gasteiger partial charge in [-0.2, -0.15) is 0 Å². The van der Waals surface area contributed by atoms with Gasteiger partial charge in [-0.3, -0.25) is 9.59 Å². The van der Waals surface area contributed by atoms with E-state index in [4.69, 9.17) is 33.1 Å². The van der Waals surface area contributed by atoms with Crippen LogP contribution in [0.2, 0.25) is 0 Å². The number of carbonyl (C=O) groups is 3. The Morgan fingerprint density at radius 3 is 2.03 bits per heavy atom. The van der Waals surface area contributed by atoms with Crippen LogP contribution in [0.1, 0.15) is 49.0 Å². The molecule has 3 aromatic carbocycles. The fourth-order valence-corrected chi connectivity index (χ4v) is 46.0. The Morgan fingerprint density at radius 1 is 0.872 bits per heavy atom. The molecule has 12 heteroatoms. The lowest BCUT2D eigenvalue weighted by Gasteiger charge is -2.40. The molecule has 1 aliphatic heterocycles. The van der Waals surface area contributed by atoms with Crippen molar-refractivity contribution in [2.24, 2.45) is 0 Å². The van der Waals surface area contributed by atoms with Crippen molar-refractivity contribution >= 4 is 82.8 Å². The van der Waals surface area contributed by atoms with Crippen LogP contribution in [0.5, 0.6) is 17.2 Å². The average molecular weight is 637 g/mol. The number of rotatable bonds is 10. The molecule has 0 spiro atoms. The molecule has 3 aromatic rings. The van der Waals surface area contributed by atoms with Crippen molar-refractivity contribution in [2.75, 3.05) is 0 Å². The second-order valence-corrected chi connectivity index (χ2v) is 30.1. The van der Waals surface area contributed by atoms with Gasteiger partial charge in [0.15, 0.2) is 0 Å². The lowest BCUT2D eigenvalue weighted by molar-refractivity contribution is -0.131. The van der Waals surface area contributed by atoms with Crippen LogP contribution in [0.15, 0.2) is 66.7 Å². The van der Waals surface area contributed by atoms with E-state index in [-0.39, 0.29) is 29.3 Å². The van der Waals surface area contributed by atoms with Gasteiger partial charge in [0.25, 0.3) is 0 Å². The molecule has 1 aliphatic rings. The van der Waals surface area contributed by atoms with Crippen molar-refractivity contribution in [3.8, 4) is 17.2 Å². The fraction of sp³-hybridized carbons (Fsp3) is 0.222. The number of benzene rings is 3. The topological polar surface area (TPSA) is 89.9 Å². The normalized spacial score (nSPS) is 20.1. The van der Waals surface area contributed by atoms with E-state index in [1.165, 1.54) is 13.0 Å². The number of Topliss-reactive ketones (excluding diaryl/α,β-unsaturated/α-hetero) is 1. The first kappa shape index (κ1) is 30.0. The Hall–Kier alpha value is -1.93. The molecule has 0 aromatic heterocycles. The number of esters is 2. The van der Waals surface area contributed by atoms with E-state index >= 15 is 0 Å². The molecule has 0 saturated carbocycles. The van der Waals surface area contributed by atoms with E-state index in [1.54, 1.807) is 58.4 Å². The van der Waals surface area contributed by atoms with Gasteiger partial charge in [-0.15, -0.1) is 0 Å². The molecule has 0 unspecified atom stereocenters. The molecule has 1 fully saturated rings. The number of ketones is 1. The van der Waals surface area contributed by atoms with Gasteiger partial charge in [-0.25, -0.2) is 4.79 Å². The van der Waals surface area contributed by atoms with E-state index in [1.807, 2.05) is 31.2 Å². The highest BCUT2D eigenvalue weighted by Crippen LogP contribution is 3.04. The highest BCUT2D eigenvalue weighted by Gasteiger charge is 2.45. The molecule has 0 aliphatic carbocycles. The zero-order chi connectivity index (χ0) is 28.2. The number of phenols is 1. The molecule has 0 radical (unpaired) electrons. The van der Waals surface area contributed by atoms with Gasteiger partial charge < -0.3 is 14.6 Å². The van der Waals surface area contributed by atoms with Crippen LogP contribution >= 0.6 is 30.9 Å². The molecule has 1 heterocycles. The van der Waals surface area contributed by atoms with Crippen molar-refractivity contribution in [1.82, 2.24) is 0 Å². The van der Waals surface area contributed by atoms with Crippen LogP contribution in [0.3, 0.4) is 0 Å². The number of hydrogen-bond acceptors (Lipinski definition) is 10. The largest absolute Gasteiger partial charge is 0.508 e. The molecule has 39 heavy (non-hydrogen) atoms. The zero-order valence-corrected chi connectivity index (χ0v) is 26.2. The molecular formula is C27H26O6P2S4. The second kappa shape index (κ2) is 12.7. The number of hydrogen-bond donors (Lipinski definition) is 1. The number of phenolic OH excluding ortho intramolecular Hbond substituents is 1. The van der Waals surface area contributed by atoms with Gasteiger partial charge in [0.05, 0.1) is 8.88 Å². The maximum Gasteiger partial charge on any atom is 0.347 e. The maximum atomic E-state index is 13.1. The summed E-state index contributed by atoms with van der Waals surface area (Å²) in [6.45, 7) is 3.27. The second-order valence-electron chi connectivity index (χ2n) is 8.80. The Balaban J connectivity index is 1.47. The Labute approximate surface area is 245 Å². The number of aromatic hydroxyl groups is 1. The quantitative estimate of drug-likeness (QED) is 0.144. The number of ether oxygens (including phenoxy) is 2. The van der Waals surface area contributed by atoms with Gasteiger partial charge in [0.2, 0.25) is 0 Å². The molecule has 0 amide bonds. The van der Waals surface area contributed by atoms with E-state index in [2.05, 4.69) is 0 Å². The Bertz CT molecular complexity index is 1490. The minimum absolute atomic E-state index is 0.0713. The van der Waals surface area contributed by atoms with Crippen LogP contribution in [-0.2, 0) is 39.6 Å².